The second-order valence-corrected chi connectivity index (χ2v) is 6.04. The lowest BCUT2D eigenvalue weighted by Gasteiger charge is -2.21. The Bertz CT molecular complexity index is 836. The molecule has 0 aliphatic heterocycles. The molecule has 0 amide bonds. The van der Waals surface area contributed by atoms with Gasteiger partial charge in [0.2, 0.25) is 0 Å². The highest BCUT2D eigenvalue weighted by Gasteiger charge is 2.10. The summed E-state index contributed by atoms with van der Waals surface area (Å²) in [5, 5.41) is 4.45. The Morgan fingerprint density at radius 2 is 2.08 bits per heavy atom. The maximum atomic E-state index is 5.91. The number of nitrogens with zero attached hydrogens (tertiary/aromatic N) is 3. The van der Waals surface area contributed by atoms with E-state index < -0.39 is 0 Å². The predicted octanol–water partition coefficient (Wildman–Crippen LogP) is 3.73. The Morgan fingerprint density at radius 3 is 2.84 bits per heavy atom. The molecule has 0 saturated heterocycles. The second-order valence-electron chi connectivity index (χ2n) is 6.04. The first-order valence-corrected chi connectivity index (χ1v) is 8.54. The van der Waals surface area contributed by atoms with E-state index in [1.54, 1.807) is 0 Å². The van der Waals surface area contributed by atoms with Crippen LogP contribution in [0.1, 0.15) is 23.9 Å². The van der Waals surface area contributed by atoms with E-state index in [2.05, 4.69) is 47.2 Å². The van der Waals surface area contributed by atoms with Gasteiger partial charge in [-0.25, -0.2) is 4.99 Å². The number of furan rings is 1. The minimum atomic E-state index is 0.555. The highest BCUT2D eigenvalue weighted by Crippen LogP contribution is 2.19. The molecule has 0 atom stereocenters. The molecule has 1 aromatic carbocycles. The van der Waals surface area contributed by atoms with Crippen LogP contribution in [0.25, 0.3) is 11.0 Å². The average molecular weight is 336 g/mol. The minimum absolute atomic E-state index is 0.555. The lowest BCUT2D eigenvalue weighted by Crippen LogP contribution is -2.38. The molecule has 2 aromatic heterocycles. The molecule has 0 radical (unpaired) electrons. The lowest BCUT2D eigenvalue weighted by molar-refractivity contribution is 0.412. The molecule has 2 heterocycles. The van der Waals surface area contributed by atoms with Gasteiger partial charge in [-0.05, 0) is 37.6 Å². The maximum Gasteiger partial charge on any atom is 0.194 e. The first-order valence-electron chi connectivity index (χ1n) is 8.54. The van der Waals surface area contributed by atoms with Crippen LogP contribution < -0.4 is 5.32 Å². The summed E-state index contributed by atoms with van der Waals surface area (Å²) in [7, 11) is 2.01. The molecular formula is C20H24N4O. The van der Waals surface area contributed by atoms with Gasteiger partial charge >= 0.3 is 0 Å². The van der Waals surface area contributed by atoms with Crippen molar-refractivity contribution in [2.24, 2.45) is 4.99 Å². The van der Waals surface area contributed by atoms with Gasteiger partial charge in [-0.1, -0.05) is 24.3 Å². The number of hydrogen-bond acceptors (Lipinski definition) is 3. The van der Waals surface area contributed by atoms with Crippen molar-refractivity contribution in [1.82, 2.24) is 15.2 Å². The van der Waals surface area contributed by atoms with Crippen molar-refractivity contribution < 1.29 is 4.42 Å². The zero-order valence-corrected chi connectivity index (χ0v) is 15.0. The number of hydrogen-bond donors (Lipinski definition) is 1. The third-order valence-corrected chi connectivity index (χ3v) is 4.06. The van der Waals surface area contributed by atoms with Crippen LogP contribution in [0.2, 0.25) is 0 Å². The zero-order valence-electron chi connectivity index (χ0n) is 15.0. The summed E-state index contributed by atoms with van der Waals surface area (Å²) >= 11 is 0. The lowest BCUT2D eigenvalue weighted by atomic mass is 10.2. The number of aromatic nitrogens is 1. The first kappa shape index (κ1) is 17.0. The highest BCUT2D eigenvalue weighted by molar-refractivity contribution is 5.80. The average Bonchev–Trinajstić information content (AvgIpc) is 3.02. The number of nitrogens with one attached hydrogen (secondary N) is 1. The van der Waals surface area contributed by atoms with E-state index in [1.165, 1.54) is 0 Å². The van der Waals surface area contributed by atoms with Crippen LogP contribution in [0.15, 0.2) is 58.1 Å². The molecular weight excluding hydrogens is 312 g/mol. The third-order valence-electron chi connectivity index (χ3n) is 4.06. The summed E-state index contributed by atoms with van der Waals surface area (Å²) in [6.07, 6.45) is 1.81. The summed E-state index contributed by atoms with van der Waals surface area (Å²) in [5.74, 6) is 1.76. The molecule has 5 heteroatoms. The van der Waals surface area contributed by atoms with Crippen LogP contribution in [-0.4, -0.2) is 29.4 Å². The number of guanidine groups is 1. The molecule has 25 heavy (non-hydrogen) atoms. The Morgan fingerprint density at radius 1 is 1.24 bits per heavy atom. The van der Waals surface area contributed by atoms with Crippen molar-refractivity contribution in [2.45, 2.75) is 26.9 Å². The molecule has 0 fully saturated rings. The summed E-state index contributed by atoms with van der Waals surface area (Å²) < 4.78 is 5.91. The normalized spacial score (nSPS) is 11.7. The van der Waals surface area contributed by atoms with Gasteiger partial charge in [0.1, 0.15) is 11.3 Å². The van der Waals surface area contributed by atoms with Crippen molar-refractivity contribution >= 4 is 16.9 Å². The fourth-order valence-corrected chi connectivity index (χ4v) is 2.73. The van der Waals surface area contributed by atoms with Gasteiger partial charge in [0.25, 0.3) is 0 Å². The predicted molar refractivity (Wildman–Crippen MR) is 101 cm³/mol. The van der Waals surface area contributed by atoms with E-state index in [0.717, 1.165) is 40.5 Å². The van der Waals surface area contributed by atoms with Crippen LogP contribution >= 0.6 is 0 Å². The van der Waals surface area contributed by atoms with Crippen LogP contribution in [0.5, 0.6) is 0 Å². The van der Waals surface area contributed by atoms with Crippen molar-refractivity contribution in [3.8, 4) is 0 Å². The summed E-state index contributed by atoms with van der Waals surface area (Å²) in [6, 6.07) is 14.1. The maximum absolute atomic E-state index is 5.91. The number of para-hydroxylation sites is 1. The van der Waals surface area contributed by atoms with Crippen LogP contribution in [-0.2, 0) is 13.1 Å². The molecule has 1 N–H and O–H groups in total. The molecule has 0 unspecified atom stereocenters. The van der Waals surface area contributed by atoms with Gasteiger partial charge in [0, 0.05) is 25.2 Å². The molecule has 0 aliphatic rings. The van der Waals surface area contributed by atoms with Crippen molar-refractivity contribution in [2.75, 3.05) is 13.6 Å². The smallest absolute Gasteiger partial charge is 0.194 e. The standard InChI is InChI=1S/C20H24N4O/c1-4-21-20(23-13-18-15(2)8-7-11-22-18)24(3)14-17-12-16-9-5-6-10-19(16)25-17/h5-12H,4,13-14H2,1-3H3,(H,21,23). The number of pyridine rings is 1. The Labute approximate surface area is 148 Å². The monoisotopic (exact) mass is 336 g/mol. The molecule has 3 aromatic rings. The van der Waals surface area contributed by atoms with Crippen molar-refractivity contribution in [1.29, 1.82) is 0 Å². The van der Waals surface area contributed by atoms with E-state index in [0.29, 0.717) is 13.1 Å². The SMILES string of the molecule is CCNC(=NCc1ncccc1C)N(C)Cc1cc2ccccc2o1. The molecule has 130 valence electrons. The number of fused-ring (bicyclic) bond motifs is 1. The number of aryl methyl sites for hydroxylation is 1. The Hall–Kier alpha value is -2.82. The van der Waals surface area contributed by atoms with E-state index in [1.807, 2.05) is 37.5 Å². The molecule has 0 saturated carbocycles. The van der Waals surface area contributed by atoms with Gasteiger partial charge in [-0.15, -0.1) is 0 Å². The molecule has 5 nitrogen and oxygen atoms in total. The van der Waals surface area contributed by atoms with E-state index in [-0.39, 0.29) is 0 Å². The van der Waals surface area contributed by atoms with Gasteiger partial charge in [-0.2, -0.15) is 0 Å². The molecule has 0 aliphatic carbocycles. The van der Waals surface area contributed by atoms with Gasteiger partial charge < -0.3 is 14.6 Å². The fraction of sp³-hybridized carbons (Fsp3) is 0.300. The van der Waals surface area contributed by atoms with E-state index in [9.17, 15) is 0 Å². The van der Waals surface area contributed by atoms with E-state index >= 15 is 0 Å². The Balaban J connectivity index is 1.74. The number of aliphatic imine (C=N–C) groups is 1. The number of rotatable bonds is 5. The van der Waals surface area contributed by atoms with Crippen molar-refractivity contribution in [3.63, 3.8) is 0 Å². The van der Waals surface area contributed by atoms with Crippen molar-refractivity contribution in [3.05, 3.63) is 65.7 Å². The van der Waals surface area contributed by atoms with Crippen LogP contribution in [0, 0.1) is 6.92 Å². The summed E-state index contributed by atoms with van der Waals surface area (Å²) in [5.41, 5.74) is 3.06. The highest BCUT2D eigenvalue weighted by atomic mass is 16.3. The topological polar surface area (TPSA) is 53.7 Å². The molecule has 3 rings (SSSR count). The minimum Gasteiger partial charge on any atom is -0.459 e. The van der Waals surface area contributed by atoms with Gasteiger partial charge in [-0.3, -0.25) is 4.98 Å². The molecule has 0 bridgehead atoms. The van der Waals surface area contributed by atoms with E-state index in [4.69, 9.17) is 9.41 Å². The van der Waals surface area contributed by atoms with Gasteiger partial charge in [0.15, 0.2) is 5.96 Å². The van der Waals surface area contributed by atoms with Crippen LogP contribution in [0.3, 0.4) is 0 Å². The third kappa shape index (κ3) is 4.18. The second kappa shape index (κ2) is 7.83. The Kier molecular flexibility index (Phi) is 5.33. The largest absolute Gasteiger partial charge is 0.459 e. The summed E-state index contributed by atoms with van der Waals surface area (Å²) in [4.78, 5) is 11.2. The quantitative estimate of drug-likeness (QED) is 0.570. The fourth-order valence-electron chi connectivity index (χ4n) is 2.73. The first-order chi connectivity index (χ1) is 12.2. The van der Waals surface area contributed by atoms with Crippen LogP contribution in [0.4, 0.5) is 0 Å². The molecule has 0 spiro atoms. The number of benzene rings is 1. The van der Waals surface area contributed by atoms with Gasteiger partial charge in [0.05, 0.1) is 18.8 Å². The summed E-state index contributed by atoms with van der Waals surface area (Å²) in [6.45, 7) is 6.14. The zero-order chi connectivity index (χ0) is 17.6.